The quantitative estimate of drug-likeness (QED) is 0.533. The summed E-state index contributed by atoms with van der Waals surface area (Å²) in [6, 6.07) is 20.0. The summed E-state index contributed by atoms with van der Waals surface area (Å²) in [5.41, 5.74) is 16.0. The maximum Gasteiger partial charge on any atom is 0.265 e. The molecule has 144 valence electrons. The Morgan fingerprint density at radius 2 is 1.59 bits per heavy atom. The molecule has 6 nitrogen and oxygen atoms in total. The molecule has 0 spiro atoms. The van der Waals surface area contributed by atoms with Crippen LogP contribution in [0.5, 0.6) is 0 Å². The first-order chi connectivity index (χ1) is 14.0. The van der Waals surface area contributed by atoms with Gasteiger partial charge in [-0.2, -0.15) is 0 Å². The van der Waals surface area contributed by atoms with E-state index in [0.29, 0.717) is 5.69 Å². The average molecular weight is 384 g/mol. The highest BCUT2D eigenvalue weighted by molar-refractivity contribution is 6.03. The first-order valence-corrected chi connectivity index (χ1v) is 9.26. The van der Waals surface area contributed by atoms with Crippen LogP contribution in [0, 0.1) is 0 Å². The summed E-state index contributed by atoms with van der Waals surface area (Å²) in [5, 5.41) is 0.850. The number of rotatable bonds is 6. The van der Waals surface area contributed by atoms with Crippen molar-refractivity contribution in [2.75, 3.05) is 0 Å². The fourth-order valence-corrected chi connectivity index (χ4v) is 3.56. The molecule has 0 saturated carbocycles. The number of carbonyl (C=O) groups excluding carboxylic acids is 2. The maximum absolute atomic E-state index is 12.0. The first-order valence-electron chi connectivity index (χ1n) is 9.26. The molecule has 0 aliphatic carbocycles. The molecule has 6 heteroatoms. The van der Waals surface area contributed by atoms with Gasteiger partial charge in [0, 0.05) is 30.1 Å². The number of primary amides is 2. The predicted molar refractivity (Wildman–Crippen MR) is 113 cm³/mol. The van der Waals surface area contributed by atoms with Gasteiger partial charge in [0.1, 0.15) is 5.69 Å². The molecule has 29 heavy (non-hydrogen) atoms. The van der Waals surface area contributed by atoms with Gasteiger partial charge in [0.15, 0.2) is 0 Å². The molecular weight excluding hydrogens is 364 g/mol. The smallest absolute Gasteiger partial charge is 0.265 e. The number of amides is 2. The first kappa shape index (κ1) is 18.4. The molecule has 0 aliphatic heterocycles. The monoisotopic (exact) mass is 384 g/mol. The number of benzene rings is 2. The van der Waals surface area contributed by atoms with E-state index in [9.17, 15) is 9.59 Å². The molecule has 0 atom stereocenters. The predicted octanol–water partition coefficient (Wildman–Crippen LogP) is 3.34. The Labute approximate surface area is 167 Å². The minimum atomic E-state index is -0.561. The Hall–Kier alpha value is -3.93. The Balaban J connectivity index is 1.86. The highest BCUT2D eigenvalue weighted by Gasteiger charge is 2.17. The van der Waals surface area contributed by atoms with E-state index in [1.807, 2.05) is 30.3 Å². The van der Waals surface area contributed by atoms with Crippen molar-refractivity contribution < 1.29 is 9.59 Å². The standard InChI is InChI=1S/C23H20N4O2/c24-22(28)9-10-27-20(23(25)29)12-18-19(13-26-14-21(18)27)17-8-4-7-16(11-17)15-5-2-1-3-6-15/h1-8,11-14H,9-10H2,(H2,24,28)(H2,25,29). The number of fused-ring (bicyclic) bond motifs is 1. The van der Waals surface area contributed by atoms with Gasteiger partial charge in [0.05, 0.1) is 11.7 Å². The third kappa shape index (κ3) is 3.60. The number of pyridine rings is 1. The van der Waals surface area contributed by atoms with Crippen LogP contribution in [0.1, 0.15) is 16.9 Å². The van der Waals surface area contributed by atoms with E-state index in [1.54, 1.807) is 23.0 Å². The van der Waals surface area contributed by atoms with E-state index < -0.39 is 11.8 Å². The maximum atomic E-state index is 12.0. The number of aryl methyl sites for hydroxylation is 1. The molecule has 0 saturated heterocycles. The number of nitrogens with two attached hydrogens (primary N) is 2. The van der Waals surface area contributed by atoms with Crippen molar-refractivity contribution in [2.45, 2.75) is 13.0 Å². The molecule has 0 bridgehead atoms. The van der Waals surface area contributed by atoms with Gasteiger partial charge in [-0.15, -0.1) is 0 Å². The second-order valence-corrected chi connectivity index (χ2v) is 6.83. The van der Waals surface area contributed by atoms with Crippen LogP contribution >= 0.6 is 0 Å². The number of hydrogen-bond donors (Lipinski definition) is 2. The van der Waals surface area contributed by atoms with Crippen LogP contribution in [0.4, 0.5) is 0 Å². The largest absolute Gasteiger partial charge is 0.370 e. The fraction of sp³-hybridized carbons (Fsp3) is 0.0870. The third-order valence-electron chi connectivity index (χ3n) is 4.94. The molecule has 2 aromatic carbocycles. The van der Waals surface area contributed by atoms with Crippen molar-refractivity contribution >= 4 is 22.7 Å². The van der Waals surface area contributed by atoms with Crippen molar-refractivity contribution in [1.82, 2.24) is 9.55 Å². The van der Waals surface area contributed by atoms with Gasteiger partial charge in [0.2, 0.25) is 5.91 Å². The number of hydrogen-bond acceptors (Lipinski definition) is 3. The SMILES string of the molecule is NC(=O)CCn1c(C(N)=O)cc2c(-c3cccc(-c4ccccc4)c3)cncc21. The summed E-state index contributed by atoms with van der Waals surface area (Å²) >= 11 is 0. The number of carbonyl (C=O) groups is 2. The topological polar surface area (TPSA) is 104 Å². The Morgan fingerprint density at radius 3 is 2.31 bits per heavy atom. The molecule has 0 fully saturated rings. The van der Waals surface area contributed by atoms with Crippen molar-refractivity contribution in [3.05, 3.63) is 78.8 Å². The second kappa shape index (κ2) is 7.59. The van der Waals surface area contributed by atoms with Gasteiger partial charge in [-0.1, -0.05) is 48.5 Å². The molecule has 4 rings (SSSR count). The Morgan fingerprint density at radius 1 is 0.862 bits per heavy atom. The average Bonchev–Trinajstić information content (AvgIpc) is 3.12. The van der Waals surface area contributed by atoms with E-state index in [-0.39, 0.29) is 13.0 Å². The van der Waals surface area contributed by atoms with Crippen molar-refractivity contribution in [3.8, 4) is 22.3 Å². The van der Waals surface area contributed by atoms with Crippen LogP contribution in [-0.2, 0) is 11.3 Å². The van der Waals surface area contributed by atoms with Gasteiger partial charge >= 0.3 is 0 Å². The zero-order valence-electron chi connectivity index (χ0n) is 15.7. The van der Waals surface area contributed by atoms with Gasteiger partial charge in [-0.25, -0.2) is 0 Å². The summed E-state index contributed by atoms with van der Waals surface area (Å²) in [4.78, 5) is 27.6. The van der Waals surface area contributed by atoms with Crippen molar-refractivity contribution in [2.24, 2.45) is 11.5 Å². The second-order valence-electron chi connectivity index (χ2n) is 6.83. The molecule has 2 amide bonds. The summed E-state index contributed by atoms with van der Waals surface area (Å²) in [7, 11) is 0. The van der Waals surface area contributed by atoms with E-state index in [4.69, 9.17) is 11.5 Å². The van der Waals surface area contributed by atoms with Gasteiger partial charge in [0.25, 0.3) is 5.91 Å². The lowest BCUT2D eigenvalue weighted by Gasteiger charge is -2.09. The molecule has 4 aromatic rings. The lowest BCUT2D eigenvalue weighted by molar-refractivity contribution is -0.118. The van der Waals surface area contributed by atoms with Gasteiger partial charge in [-0.3, -0.25) is 14.6 Å². The highest BCUT2D eigenvalue weighted by atomic mass is 16.1. The van der Waals surface area contributed by atoms with Gasteiger partial charge in [-0.05, 0) is 28.8 Å². The minimum absolute atomic E-state index is 0.109. The van der Waals surface area contributed by atoms with Crippen LogP contribution in [0.25, 0.3) is 33.2 Å². The van der Waals surface area contributed by atoms with Crippen LogP contribution in [0.3, 0.4) is 0 Å². The van der Waals surface area contributed by atoms with Crippen LogP contribution < -0.4 is 11.5 Å². The van der Waals surface area contributed by atoms with Crippen LogP contribution in [-0.4, -0.2) is 21.4 Å². The van der Waals surface area contributed by atoms with E-state index in [0.717, 1.165) is 33.2 Å². The summed E-state index contributed by atoms with van der Waals surface area (Å²) < 4.78 is 1.71. The highest BCUT2D eigenvalue weighted by Crippen LogP contribution is 2.32. The molecular formula is C23H20N4O2. The van der Waals surface area contributed by atoms with Crippen molar-refractivity contribution in [1.29, 1.82) is 0 Å². The molecule has 0 aliphatic rings. The third-order valence-corrected chi connectivity index (χ3v) is 4.94. The number of nitrogens with zero attached hydrogens (tertiary/aromatic N) is 2. The molecule has 2 heterocycles. The summed E-state index contributed by atoms with van der Waals surface area (Å²) in [5.74, 6) is -1.00. The number of aromatic nitrogens is 2. The zero-order chi connectivity index (χ0) is 20.4. The van der Waals surface area contributed by atoms with Crippen molar-refractivity contribution in [3.63, 3.8) is 0 Å². The fourth-order valence-electron chi connectivity index (χ4n) is 3.56. The normalized spacial score (nSPS) is 10.9. The minimum Gasteiger partial charge on any atom is -0.370 e. The Kier molecular flexibility index (Phi) is 4.83. The summed E-state index contributed by atoms with van der Waals surface area (Å²) in [6.07, 6.45) is 3.56. The van der Waals surface area contributed by atoms with E-state index in [2.05, 4.69) is 29.2 Å². The lowest BCUT2D eigenvalue weighted by Crippen LogP contribution is -2.19. The van der Waals surface area contributed by atoms with Crippen LogP contribution in [0.2, 0.25) is 0 Å². The lowest BCUT2D eigenvalue weighted by atomic mass is 9.98. The summed E-state index contributed by atoms with van der Waals surface area (Å²) in [6.45, 7) is 0.270. The Bertz CT molecular complexity index is 1210. The van der Waals surface area contributed by atoms with E-state index in [1.165, 1.54) is 0 Å². The van der Waals surface area contributed by atoms with Gasteiger partial charge < -0.3 is 16.0 Å². The van der Waals surface area contributed by atoms with E-state index >= 15 is 0 Å². The zero-order valence-corrected chi connectivity index (χ0v) is 15.7. The molecule has 0 unspecified atom stereocenters. The molecule has 2 aromatic heterocycles. The molecule has 0 radical (unpaired) electrons. The van der Waals surface area contributed by atoms with Crippen LogP contribution in [0.15, 0.2) is 73.1 Å². The molecule has 4 N–H and O–H groups in total.